The molecule has 2 aromatic carbocycles. The van der Waals surface area contributed by atoms with E-state index in [0.717, 1.165) is 11.3 Å². The molecule has 26 heavy (non-hydrogen) atoms. The Bertz CT molecular complexity index is 740. The summed E-state index contributed by atoms with van der Waals surface area (Å²) in [6.07, 6.45) is 1.72. The minimum absolute atomic E-state index is 0.0932. The van der Waals surface area contributed by atoms with Gasteiger partial charge in [-0.25, -0.2) is 0 Å². The first kappa shape index (κ1) is 19.4. The molecule has 0 radical (unpaired) electrons. The van der Waals surface area contributed by atoms with Gasteiger partial charge in [-0.05, 0) is 42.8 Å². The predicted octanol–water partition coefficient (Wildman–Crippen LogP) is 3.93. The van der Waals surface area contributed by atoms with Crippen molar-refractivity contribution in [1.29, 1.82) is 0 Å². The zero-order valence-electron chi connectivity index (χ0n) is 15.5. The van der Waals surface area contributed by atoms with E-state index in [2.05, 4.69) is 6.58 Å². The van der Waals surface area contributed by atoms with Gasteiger partial charge in [-0.2, -0.15) is 0 Å². The number of nitrogens with zero attached hydrogens (tertiary/aromatic N) is 1. The normalized spacial score (nSPS) is 10.1. The van der Waals surface area contributed by atoms with Crippen molar-refractivity contribution in [1.82, 2.24) is 4.90 Å². The SMILES string of the molecule is C=CCN(Cc1ccc(OC)cc1)C(=O)c1ccc(OC)c(OCC)c1. The average molecular weight is 355 g/mol. The van der Waals surface area contributed by atoms with E-state index in [4.69, 9.17) is 14.2 Å². The minimum atomic E-state index is -0.0932. The summed E-state index contributed by atoms with van der Waals surface area (Å²) in [7, 11) is 3.20. The van der Waals surface area contributed by atoms with E-state index in [0.29, 0.717) is 36.8 Å². The van der Waals surface area contributed by atoms with Crippen LogP contribution in [-0.4, -0.2) is 38.2 Å². The third kappa shape index (κ3) is 4.79. The number of amides is 1. The van der Waals surface area contributed by atoms with E-state index in [1.807, 2.05) is 31.2 Å². The highest BCUT2D eigenvalue weighted by atomic mass is 16.5. The van der Waals surface area contributed by atoms with Crippen molar-refractivity contribution in [2.45, 2.75) is 13.5 Å². The van der Waals surface area contributed by atoms with E-state index in [9.17, 15) is 4.79 Å². The molecule has 0 aliphatic carbocycles. The summed E-state index contributed by atoms with van der Waals surface area (Å²) < 4.78 is 16.0. The Morgan fingerprint density at radius 1 is 1.08 bits per heavy atom. The number of hydrogen-bond acceptors (Lipinski definition) is 4. The van der Waals surface area contributed by atoms with E-state index < -0.39 is 0 Å². The number of ether oxygens (including phenoxy) is 3. The summed E-state index contributed by atoms with van der Waals surface area (Å²) in [5.74, 6) is 1.86. The summed E-state index contributed by atoms with van der Waals surface area (Å²) in [5, 5.41) is 0. The Hall–Kier alpha value is -2.95. The van der Waals surface area contributed by atoms with Gasteiger partial charge in [-0.1, -0.05) is 18.2 Å². The molecule has 2 aromatic rings. The van der Waals surface area contributed by atoms with Crippen LogP contribution < -0.4 is 14.2 Å². The smallest absolute Gasteiger partial charge is 0.254 e. The van der Waals surface area contributed by atoms with Gasteiger partial charge in [-0.15, -0.1) is 6.58 Å². The fourth-order valence-corrected chi connectivity index (χ4v) is 2.59. The average Bonchev–Trinajstić information content (AvgIpc) is 2.68. The second kappa shape index (κ2) is 9.51. The Labute approximate surface area is 154 Å². The Morgan fingerprint density at radius 2 is 1.81 bits per heavy atom. The largest absolute Gasteiger partial charge is 0.497 e. The summed E-state index contributed by atoms with van der Waals surface area (Å²) in [5.41, 5.74) is 1.56. The second-order valence-corrected chi connectivity index (χ2v) is 5.62. The molecular formula is C21H25NO4. The van der Waals surface area contributed by atoms with E-state index in [-0.39, 0.29) is 5.91 Å². The minimum Gasteiger partial charge on any atom is -0.497 e. The van der Waals surface area contributed by atoms with Gasteiger partial charge < -0.3 is 19.1 Å². The van der Waals surface area contributed by atoms with Crippen LogP contribution in [0.25, 0.3) is 0 Å². The maximum absolute atomic E-state index is 13.0. The summed E-state index contributed by atoms with van der Waals surface area (Å²) in [6, 6.07) is 12.9. The second-order valence-electron chi connectivity index (χ2n) is 5.62. The topological polar surface area (TPSA) is 48.0 Å². The van der Waals surface area contributed by atoms with Gasteiger partial charge in [0, 0.05) is 18.7 Å². The first-order chi connectivity index (χ1) is 12.6. The maximum atomic E-state index is 13.0. The molecule has 0 unspecified atom stereocenters. The molecule has 0 fully saturated rings. The number of carbonyl (C=O) groups is 1. The fourth-order valence-electron chi connectivity index (χ4n) is 2.59. The zero-order chi connectivity index (χ0) is 18.9. The number of carbonyl (C=O) groups excluding carboxylic acids is 1. The lowest BCUT2D eigenvalue weighted by atomic mass is 10.1. The van der Waals surface area contributed by atoms with Crippen LogP contribution in [0.1, 0.15) is 22.8 Å². The molecule has 0 bridgehead atoms. The lowest BCUT2D eigenvalue weighted by Crippen LogP contribution is -2.30. The number of hydrogen-bond donors (Lipinski definition) is 0. The molecule has 0 atom stereocenters. The molecule has 138 valence electrons. The van der Waals surface area contributed by atoms with Gasteiger partial charge in [0.25, 0.3) is 5.91 Å². The monoisotopic (exact) mass is 355 g/mol. The van der Waals surface area contributed by atoms with Gasteiger partial charge in [-0.3, -0.25) is 4.79 Å². The Kier molecular flexibility index (Phi) is 7.09. The van der Waals surface area contributed by atoms with Crippen LogP contribution in [0, 0.1) is 0 Å². The van der Waals surface area contributed by atoms with Crippen LogP contribution in [0.5, 0.6) is 17.2 Å². The lowest BCUT2D eigenvalue weighted by Gasteiger charge is -2.22. The molecule has 0 N–H and O–H groups in total. The number of rotatable bonds is 9. The third-order valence-corrected chi connectivity index (χ3v) is 3.88. The number of benzene rings is 2. The van der Waals surface area contributed by atoms with E-state index in [1.165, 1.54) is 0 Å². The molecule has 5 nitrogen and oxygen atoms in total. The van der Waals surface area contributed by atoms with E-state index in [1.54, 1.807) is 43.4 Å². The van der Waals surface area contributed by atoms with Gasteiger partial charge in [0.05, 0.1) is 20.8 Å². The summed E-state index contributed by atoms with van der Waals surface area (Å²) >= 11 is 0. The molecule has 2 rings (SSSR count). The predicted molar refractivity (Wildman–Crippen MR) is 102 cm³/mol. The van der Waals surface area contributed by atoms with Crippen LogP contribution in [-0.2, 0) is 6.54 Å². The van der Waals surface area contributed by atoms with Gasteiger partial charge in [0.2, 0.25) is 0 Å². The zero-order valence-corrected chi connectivity index (χ0v) is 15.5. The van der Waals surface area contributed by atoms with Crippen molar-refractivity contribution >= 4 is 5.91 Å². The highest BCUT2D eigenvalue weighted by Crippen LogP contribution is 2.28. The number of methoxy groups -OCH3 is 2. The van der Waals surface area contributed by atoms with Crippen LogP contribution >= 0.6 is 0 Å². The van der Waals surface area contributed by atoms with Crippen LogP contribution in [0.4, 0.5) is 0 Å². The molecule has 0 spiro atoms. The van der Waals surface area contributed by atoms with Crippen molar-refractivity contribution in [3.63, 3.8) is 0 Å². The molecule has 0 aliphatic heterocycles. The standard InChI is InChI=1S/C21H25NO4/c1-5-13-22(15-16-7-10-18(24-3)11-8-16)21(23)17-9-12-19(25-4)20(14-17)26-6-2/h5,7-12,14H,1,6,13,15H2,2-4H3. The molecule has 0 heterocycles. The molecule has 0 aliphatic rings. The van der Waals surface area contributed by atoms with Crippen molar-refractivity contribution < 1.29 is 19.0 Å². The molecule has 5 heteroatoms. The molecule has 1 amide bonds. The summed E-state index contributed by atoms with van der Waals surface area (Å²) in [4.78, 5) is 14.7. The first-order valence-electron chi connectivity index (χ1n) is 8.46. The molecule has 0 saturated heterocycles. The summed E-state index contributed by atoms with van der Waals surface area (Å²) in [6.45, 7) is 7.07. The Morgan fingerprint density at radius 3 is 2.38 bits per heavy atom. The van der Waals surface area contributed by atoms with Crippen LogP contribution in [0.15, 0.2) is 55.1 Å². The van der Waals surface area contributed by atoms with Crippen LogP contribution in [0.3, 0.4) is 0 Å². The molecule has 0 aromatic heterocycles. The van der Waals surface area contributed by atoms with Crippen molar-refractivity contribution in [2.24, 2.45) is 0 Å². The lowest BCUT2D eigenvalue weighted by molar-refractivity contribution is 0.0762. The fraction of sp³-hybridized carbons (Fsp3) is 0.286. The van der Waals surface area contributed by atoms with Gasteiger partial charge in [0.1, 0.15) is 5.75 Å². The molecular weight excluding hydrogens is 330 g/mol. The Balaban J connectivity index is 2.23. The first-order valence-corrected chi connectivity index (χ1v) is 8.46. The highest BCUT2D eigenvalue weighted by molar-refractivity contribution is 5.95. The van der Waals surface area contributed by atoms with Crippen molar-refractivity contribution in [2.75, 3.05) is 27.4 Å². The van der Waals surface area contributed by atoms with Gasteiger partial charge in [0.15, 0.2) is 11.5 Å². The van der Waals surface area contributed by atoms with E-state index >= 15 is 0 Å². The third-order valence-electron chi connectivity index (χ3n) is 3.88. The van der Waals surface area contributed by atoms with Crippen molar-refractivity contribution in [3.8, 4) is 17.2 Å². The van der Waals surface area contributed by atoms with Crippen LogP contribution in [0.2, 0.25) is 0 Å². The van der Waals surface area contributed by atoms with Gasteiger partial charge >= 0.3 is 0 Å². The quantitative estimate of drug-likeness (QED) is 0.640. The molecule has 0 saturated carbocycles. The highest BCUT2D eigenvalue weighted by Gasteiger charge is 2.17. The maximum Gasteiger partial charge on any atom is 0.254 e. The van der Waals surface area contributed by atoms with Crippen molar-refractivity contribution in [3.05, 3.63) is 66.2 Å².